The third kappa shape index (κ3) is 3.62. The van der Waals surface area contributed by atoms with Crippen LogP contribution >= 0.6 is 11.8 Å². The van der Waals surface area contributed by atoms with Crippen molar-refractivity contribution in [1.82, 2.24) is 0 Å². The lowest BCUT2D eigenvalue weighted by atomic mass is 9.80. The molecule has 26 heavy (non-hydrogen) atoms. The summed E-state index contributed by atoms with van der Waals surface area (Å²) in [6.45, 7) is 6.07. The summed E-state index contributed by atoms with van der Waals surface area (Å²) in [5.41, 5.74) is 4.19. The van der Waals surface area contributed by atoms with E-state index < -0.39 is 5.97 Å². The van der Waals surface area contributed by atoms with Gasteiger partial charge in [0.25, 0.3) is 0 Å². The molecule has 0 fully saturated rings. The number of allylic oxidation sites excluding steroid dienone is 6. The summed E-state index contributed by atoms with van der Waals surface area (Å²) in [4.78, 5) is 23.8. The minimum Gasteiger partial charge on any atom is -0.478 e. The Bertz CT molecular complexity index is 896. The lowest BCUT2D eigenvalue weighted by molar-refractivity contribution is -0.132. The van der Waals surface area contributed by atoms with Crippen molar-refractivity contribution in [2.24, 2.45) is 5.92 Å². The van der Waals surface area contributed by atoms with E-state index in [1.54, 1.807) is 6.08 Å². The molecule has 0 spiro atoms. The molecule has 3 rings (SSSR count). The van der Waals surface area contributed by atoms with Crippen LogP contribution in [-0.4, -0.2) is 22.8 Å². The molecule has 4 heteroatoms. The molecule has 1 N–H and O–H groups in total. The molecular formula is C22H22O3S. The minimum atomic E-state index is -0.979. The fourth-order valence-electron chi connectivity index (χ4n) is 3.30. The molecule has 0 bridgehead atoms. The van der Waals surface area contributed by atoms with Crippen molar-refractivity contribution >= 4 is 29.2 Å². The van der Waals surface area contributed by atoms with E-state index >= 15 is 0 Å². The first kappa shape index (κ1) is 18.5. The van der Waals surface area contributed by atoms with Gasteiger partial charge in [0.15, 0.2) is 0 Å². The van der Waals surface area contributed by atoms with Gasteiger partial charge in [0.2, 0.25) is 0 Å². The molecule has 0 saturated heterocycles. The van der Waals surface area contributed by atoms with Gasteiger partial charge in [-0.05, 0) is 59.4 Å². The zero-order valence-electron chi connectivity index (χ0n) is 15.2. The maximum Gasteiger partial charge on any atom is 0.330 e. The van der Waals surface area contributed by atoms with Gasteiger partial charge in [-0.3, -0.25) is 0 Å². The molecule has 0 amide bonds. The van der Waals surface area contributed by atoms with Crippen molar-refractivity contribution in [3.8, 4) is 0 Å². The Morgan fingerprint density at radius 3 is 2.85 bits per heavy atom. The molecule has 1 aromatic rings. The van der Waals surface area contributed by atoms with Crippen molar-refractivity contribution < 1.29 is 14.7 Å². The first-order valence-corrected chi connectivity index (χ1v) is 9.65. The van der Waals surface area contributed by atoms with E-state index in [-0.39, 0.29) is 16.9 Å². The summed E-state index contributed by atoms with van der Waals surface area (Å²) in [5.74, 6) is 1.78. The van der Waals surface area contributed by atoms with Gasteiger partial charge in [-0.2, -0.15) is 0 Å². The van der Waals surface area contributed by atoms with Crippen molar-refractivity contribution in [3.05, 3.63) is 64.8 Å². The van der Waals surface area contributed by atoms with E-state index in [0.29, 0.717) is 5.57 Å². The number of carboxylic acid groups (broad SMARTS) is 1. The van der Waals surface area contributed by atoms with E-state index in [2.05, 4.69) is 32.0 Å². The van der Waals surface area contributed by atoms with Crippen LogP contribution in [0.2, 0.25) is 0 Å². The zero-order chi connectivity index (χ0) is 18.9. The Labute approximate surface area is 158 Å². The molecule has 1 aromatic carbocycles. The number of fused-ring (bicyclic) bond motifs is 1. The van der Waals surface area contributed by atoms with Gasteiger partial charge >= 0.3 is 5.97 Å². The van der Waals surface area contributed by atoms with Crippen LogP contribution < -0.4 is 0 Å². The van der Waals surface area contributed by atoms with E-state index in [1.807, 2.05) is 35.9 Å². The highest BCUT2D eigenvalue weighted by Crippen LogP contribution is 2.43. The smallest absolute Gasteiger partial charge is 0.330 e. The van der Waals surface area contributed by atoms with Gasteiger partial charge in [-0.1, -0.05) is 38.1 Å². The average molecular weight is 366 g/mol. The van der Waals surface area contributed by atoms with E-state index in [9.17, 15) is 9.59 Å². The van der Waals surface area contributed by atoms with Crippen LogP contribution in [0.15, 0.2) is 58.5 Å². The van der Waals surface area contributed by atoms with Gasteiger partial charge in [-0.25, -0.2) is 9.59 Å². The SMILES string of the molecule is CC(=CC1C=CC(c2ccc3c(c2)C(C)(C)CCS3)=CC1=C=O)C(=O)O. The summed E-state index contributed by atoms with van der Waals surface area (Å²) in [7, 11) is 0. The quantitative estimate of drug-likeness (QED) is 0.616. The van der Waals surface area contributed by atoms with Crippen LogP contribution in [0.3, 0.4) is 0 Å². The highest BCUT2D eigenvalue weighted by molar-refractivity contribution is 7.99. The Morgan fingerprint density at radius 1 is 1.38 bits per heavy atom. The Kier molecular flexibility index (Phi) is 5.08. The van der Waals surface area contributed by atoms with Crippen LogP contribution in [0.1, 0.15) is 38.3 Å². The second kappa shape index (κ2) is 7.14. The third-order valence-corrected chi connectivity index (χ3v) is 6.14. The second-order valence-electron chi connectivity index (χ2n) is 7.39. The van der Waals surface area contributed by atoms with Crippen LogP contribution in [0.5, 0.6) is 0 Å². The van der Waals surface area contributed by atoms with Crippen molar-refractivity contribution in [2.45, 2.75) is 37.5 Å². The molecule has 0 radical (unpaired) electrons. The highest BCUT2D eigenvalue weighted by Gasteiger charge is 2.28. The number of carbonyl (C=O) groups is 1. The monoisotopic (exact) mass is 366 g/mol. The number of rotatable bonds is 3. The van der Waals surface area contributed by atoms with Gasteiger partial charge in [0.1, 0.15) is 5.94 Å². The van der Waals surface area contributed by atoms with Crippen molar-refractivity contribution in [3.63, 3.8) is 0 Å². The molecule has 2 aliphatic rings. The van der Waals surface area contributed by atoms with E-state index in [0.717, 1.165) is 23.3 Å². The minimum absolute atomic E-state index is 0.142. The fourth-order valence-corrected chi connectivity index (χ4v) is 4.79. The summed E-state index contributed by atoms with van der Waals surface area (Å²) in [6, 6.07) is 6.47. The summed E-state index contributed by atoms with van der Waals surface area (Å²) in [5, 5.41) is 9.05. The molecule has 1 aliphatic carbocycles. The summed E-state index contributed by atoms with van der Waals surface area (Å²) < 4.78 is 0. The molecule has 1 unspecified atom stereocenters. The molecule has 0 saturated carbocycles. The third-order valence-electron chi connectivity index (χ3n) is 5.06. The lowest BCUT2D eigenvalue weighted by Crippen LogP contribution is -2.22. The highest BCUT2D eigenvalue weighted by atomic mass is 32.2. The Hall–Kier alpha value is -2.29. The predicted octanol–water partition coefficient (Wildman–Crippen LogP) is 4.82. The molecular weight excluding hydrogens is 344 g/mol. The first-order valence-electron chi connectivity index (χ1n) is 8.66. The van der Waals surface area contributed by atoms with Gasteiger partial charge in [0, 0.05) is 22.0 Å². The number of carboxylic acids is 1. The topological polar surface area (TPSA) is 54.4 Å². The van der Waals surface area contributed by atoms with Gasteiger partial charge in [0.05, 0.1) is 0 Å². The lowest BCUT2D eigenvalue weighted by Gasteiger charge is -2.32. The summed E-state index contributed by atoms with van der Waals surface area (Å²) >= 11 is 1.89. The molecule has 3 nitrogen and oxygen atoms in total. The maximum absolute atomic E-state index is 11.4. The second-order valence-corrected chi connectivity index (χ2v) is 8.53. The zero-order valence-corrected chi connectivity index (χ0v) is 16.0. The Morgan fingerprint density at radius 2 is 2.15 bits per heavy atom. The summed E-state index contributed by atoms with van der Waals surface area (Å²) in [6.07, 6.45) is 8.36. The maximum atomic E-state index is 11.4. The normalized spacial score (nSPS) is 21.7. The van der Waals surface area contributed by atoms with Gasteiger partial charge < -0.3 is 5.11 Å². The number of hydrogen-bond donors (Lipinski definition) is 1. The number of aliphatic carboxylic acids is 1. The average Bonchev–Trinajstić information content (AvgIpc) is 2.61. The molecule has 1 aliphatic heterocycles. The number of benzene rings is 1. The van der Waals surface area contributed by atoms with E-state index in [4.69, 9.17) is 5.11 Å². The van der Waals surface area contributed by atoms with Gasteiger partial charge in [-0.15, -0.1) is 11.8 Å². The Balaban J connectivity index is 1.96. The van der Waals surface area contributed by atoms with Crippen LogP contribution in [-0.2, 0) is 15.0 Å². The van der Waals surface area contributed by atoms with E-state index in [1.165, 1.54) is 17.4 Å². The molecule has 134 valence electrons. The van der Waals surface area contributed by atoms with Crippen LogP contribution in [0.25, 0.3) is 5.57 Å². The first-order chi connectivity index (χ1) is 12.3. The molecule has 1 atom stereocenters. The molecule has 0 aromatic heterocycles. The van der Waals surface area contributed by atoms with Crippen LogP contribution in [0.4, 0.5) is 0 Å². The number of hydrogen-bond acceptors (Lipinski definition) is 3. The van der Waals surface area contributed by atoms with Crippen molar-refractivity contribution in [1.29, 1.82) is 0 Å². The predicted molar refractivity (Wildman–Crippen MR) is 106 cm³/mol. The fraction of sp³-hybridized carbons (Fsp3) is 0.318. The number of thioether (sulfide) groups is 1. The van der Waals surface area contributed by atoms with Crippen molar-refractivity contribution in [2.75, 3.05) is 5.75 Å². The number of carbonyl (C=O) groups excluding carboxylic acids is 1. The molecule has 1 heterocycles. The largest absolute Gasteiger partial charge is 0.478 e. The standard InChI is InChI=1S/C22H22O3S/c1-14(21(24)25)10-15-4-5-16(11-18(15)13-23)17-6-7-20-19(12-17)22(2,3)8-9-26-20/h4-7,10-12,15H,8-9H2,1-3H3,(H,24,25). The van der Waals surface area contributed by atoms with Crippen LogP contribution in [0, 0.1) is 5.92 Å².